The molecule has 0 aliphatic carbocycles. The molecule has 118 valence electrons. The SMILES string of the molecule is CCNC(C)c1ccc(Br)cc1N1CCCC(OCC)C1. The lowest BCUT2D eigenvalue weighted by Crippen LogP contribution is -2.40. The molecule has 2 rings (SSSR count). The molecule has 1 aromatic carbocycles. The van der Waals surface area contributed by atoms with Crippen molar-refractivity contribution in [2.75, 3.05) is 31.1 Å². The fourth-order valence-corrected chi connectivity index (χ4v) is 3.45. The highest BCUT2D eigenvalue weighted by atomic mass is 79.9. The van der Waals surface area contributed by atoms with Crippen LogP contribution in [0.25, 0.3) is 0 Å². The molecule has 1 fully saturated rings. The van der Waals surface area contributed by atoms with Crippen molar-refractivity contribution in [1.82, 2.24) is 5.32 Å². The number of rotatable bonds is 6. The van der Waals surface area contributed by atoms with E-state index in [4.69, 9.17) is 4.74 Å². The molecule has 1 aliphatic rings. The highest BCUT2D eigenvalue weighted by Gasteiger charge is 2.23. The summed E-state index contributed by atoms with van der Waals surface area (Å²) >= 11 is 3.62. The first-order valence-corrected chi connectivity index (χ1v) is 8.84. The van der Waals surface area contributed by atoms with E-state index in [0.717, 1.165) is 30.7 Å². The van der Waals surface area contributed by atoms with Gasteiger partial charge >= 0.3 is 0 Å². The summed E-state index contributed by atoms with van der Waals surface area (Å²) in [7, 11) is 0. The van der Waals surface area contributed by atoms with Gasteiger partial charge in [-0.3, -0.25) is 0 Å². The Morgan fingerprint density at radius 3 is 2.95 bits per heavy atom. The van der Waals surface area contributed by atoms with Gasteiger partial charge in [0.2, 0.25) is 0 Å². The Labute approximate surface area is 137 Å². The van der Waals surface area contributed by atoms with Crippen molar-refractivity contribution in [3.05, 3.63) is 28.2 Å². The Balaban J connectivity index is 2.22. The summed E-state index contributed by atoms with van der Waals surface area (Å²) in [6, 6.07) is 6.98. The third-order valence-electron chi connectivity index (χ3n) is 4.09. The van der Waals surface area contributed by atoms with Gasteiger partial charge in [-0.25, -0.2) is 0 Å². The van der Waals surface area contributed by atoms with E-state index in [1.165, 1.54) is 24.1 Å². The molecule has 2 atom stereocenters. The van der Waals surface area contributed by atoms with Crippen molar-refractivity contribution in [1.29, 1.82) is 0 Å². The molecule has 3 nitrogen and oxygen atoms in total. The van der Waals surface area contributed by atoms with E-state index in [2.05, 4.69) is 65.1 Å². The van der Waals surface area contributed by atoms with Gasteiger partial charge in [-0.15, -0.1) is 0 Å². The minimum atomic E-state index is 0.366. The van der Waals surface area contributed by atoms with Crippen molar-refractivity contribution < 1.29 is 4.74 Å². The molecule has 21 heavy (non-hydrogen) atoms. The van der Waals surface area contributed by atoms with E-state index in [1.807, 2.05) is 0 Å². The number of ether oxygens (including phenoxy) is 1. The molecular weight excluding hydrogens is 328 g/mol. The molecular formula is C17H27BrN2O. The van der Waals surface area contributed by atoms with Crippen LogP contribution in [0.15, 0.2) is 22.7 Å². The van der Waals surface area contributed by atoms with Crippen LogP contribution in [0.5, 0.6) is 0 Å². The third-order valence-corrected chi connectivity index (χ3v) is 4.58. The maximum absolute atomic E-state index is 5.84. The minimum Gasteiger partial charge on any atom is -0.377 e. The molecule has 0 saturated carbocycles. The summed E-state index contributed by atoms with van der Waals surface area (Å²) in [5.74, 6) is 0. The number of anilines is 1. The molecule has 1 aromatic rings. The van der Waals surface area contributed by atoms with Crippen LogP contribution in [-0.4, -0.2) is 32.3 Å². The van der Waals surface area contributed by atoms with Gasteiger partial charge < -0.3 is 15.0 Å². The summed E-state index contributed by atoms with van der Waals surface area (Å²) in [6.45, 7) is 10.4. The predicted octanol–water partition coefficient (Wildman–Crippen LogP) is 4.12. The van der Waals surface area contributed by atoms with Crippen LogP contribution in [0.2, 0.25) is 0 Å². The number of hydrogen-bond acceptors (Lipinski definition) is 3. The normalized spacial score (nSPS) is 20.6. The van der Waals surface area contributed by atoms with E-state index < -0.39 is 0 Å². The lowest BCUT2D eigenvalue weighted by Gasteiger charge is -2.36. The summed E-state index contributed by atoms with van der Waals surface area (Å²) in [4.78, 5) is 2.48. The summed E-state index contributed by atoms with van der Waals surface area (Å²) in [5.41, 5.74) is 2.71. The zero-order chi connectivity index (χ0) is 15.2. The number of piperidine rings is 1. The number of halogens is 1. The van der Waals surface area contributed by atoms with Gasteiger partial charge in [-0.2, -0.15) is 0 Å². The fourth-order valence-electron chi connectivity index (χ4n) is 3.10. The molecule has 4 heteroatoms. The molecule has 1 saturated heterocycles. The van der Waals surface area contributed by atoms with Crippen molar-refractivity contribution in [3.63, 3.8) is 0 Å². The fraction of sp³-hybridized carbons (Fsp3) is 0.647. The maximum atomic E-state index is 5.84. The van der Waals surface area contributed by atoms with Gasteiger partial charge in [-0.05, 0) is 50.9 Å². The Bertz CT molecular complexity index is 450. The molecule has 2 unspecified atom stereocenters. The average molecular weight is 355 g/mol. The second-order valence-corrected chi connectivity index (χ2v) is 6.56. The molecule has 0 spiro atoms. The van der Waals surface area contributed by atoms with E-state index in [1.54, 1.807) is 0 Å². The first kappa shape index (κ1) is 16.8. The van der Waals surface area contributed by atoms with Gasteiger partial charge in [-0.1, -0.05) is 28.9 Å². The Kier molecular flexibility index (Phi) is 6.52. The average Bonchev–Trinajstić information content (AvgIpc) is 2.48. The summed E-state index contributed by atoms with van der Waals surface area (Å²) in [5, 5.41) is 3.52. The van der Waals surface area contributed by atoms with Gasteiger partial charge in [0.25, 0.3) is 0 Å². The van der Waals surface area contributed by atoms with Crippen LogP contribution in [0.4, 0.5) is 5.69 Å². The smallest absolute Gasteiger partial charge is 0.0750 e. The first-order valence-electron chi connectivity index (χ1n) is 8.05. The Morgan fingerprint density at radius 1 is 1.43 bits per heavy atom. The lowest BCUT2D eigenvalue weighted by molar-refractivity contribution is 0.0526. The van der Waals surface area contributed by atoms with Crippen molar-refractivity contribution in [2.45, 2.75) is 45.8 Å². The number of nitrogens with zero attached hydrogens (tertiary/aromatic N) is 1. The van der Waals surface area contributed by atoms with E-state index in [-0.39, 0.29) is 0 Å². The van der Waals surface area contributed by atoms with Gasteiger partial charge in [0.15, 0.2) is 0 Å². The zero-order valence-electron chi connectivity index (χ0n) is 13.4. The monoisotopic (exact) mass is 354 g/mol. The Hall–Kier alpha value is -0.580. The van der Waals surface area contributed by atoms with Crippen LogP contribution in [-0.2, 0) is 4.74 Å². The maximum Gasteiger partial charge on any atom is 0.0750 e. The third kappa shape index (κ3) is 4.44. The largest absolute Gasteiger partial charge is 0.377 e. The van der Waals surface area contributed by atoms with Crippen LogP contribution < -0.4 is 10.2 Å². The van der Waals surface area contributed by atoms with Crippen LogP contribution in [0, 0.1) is 0 Å². The van der Waals surface area contributed by atoms with Crippen molar-refractivity contribution >= 4 is 21.6 Å². The van der Waals surface area contributed by atoms with Gasteiger partial charge in [0.05, 0.1) is 6.10 Å². The van der Waals surface area contributed by atoms with Crippen LogP contribution in [0.1, 0.15) is 45.2 Å². The standard InChI is InChI=1S/C17H27BrN2O/c1-4-19-13(3)16-9-8-14(18)11-17(16)20-10-6-7-15(12-20)21-5-2/h8-9,11,13,15,19H,4-7,10,12H2,1-3H3. The van der Waals surface area contributed by atoms with Crippen molar-refractivity contribution in [3.8, 4) is 0 Å². The first-order chi connectivity index (χ1) is 10.2. The van der Waals surface area contributed by atoms with E-state index in [9.17, 15) is 0 Å². The quantitative estimate of drug-likeness (QED) is 0.831. The second-order valence-electron chi connectivity index (χ2n) is 5.65. The molecule has 0 radical (unpaired) electrons. The van der Waals surface area contributed by atoms with Crippen LogP contribution in [0.3, 0.4) is 0 Å². The highest BCUT2D eigenvalue weighted by molar-refractivity contribution is 9.10. The number of hydrogen-bond donors (Lipinski definition) is 1. The van der Waals surface area contributed by atoms with Crippen LogP contribution >= 0.6 is 15.9 Å². The zero-order valence-corrected chi connectivity index (χ0v) is 14.9. The van der Waals surface area contributed by atoms with Crippen molar-refractivity contribution in [2.24, 2.45) is 0 Å². The van der Waals surface area contributed by atoms with E-state index in [0.29, 0.717) is 12.1 Å². The molecule has 0 aromatic heterocycles. The summed E-state index contributed by atoms with van der Waals surface area (Å²) < 4.78 is 6.99. The molecule has 1 N–H and O–H groups in total. The van der Waals surface area contributed by atoms with Gasteiger partial charge in [0, 0.05) is 35.9 Å². The summed E-state index contributed by atoms with van der Waals surface area (Å²) in [6.07, 6.45) is 2.74. The molecule has 1 heterocycles. The molecule has 0 bridgehead atoms. The Morgan fingerprint density at radius 2 is 2.24 bits per heavy atom. The highest BCUT2D eigenvalue weighted by Crippen LogP contribution is 2.32. The minimum absolute atomic E-state index is 0.366. The predicted molar refractivity (Wildman–Crippen MR) is 93.1 cm³/mol. The van der Waals surface area contributed by atoms with Gasteiger partial charge in [0.1, 0.15) is 0 Å². The topological polar surface area (TPSA) is 24.5 Å². The lowest BCUT2D eigenvalue weighted by atomic mass is 10.0. The second kappa shape index (κ2) is 8.16. The number of nitrogens with one attached hydrogen (secondary N) is 1. The molecule has 1 aliphatic heterocycles. The molecule has 0 amide bonds. The van der Waals surface area contributed by atoms with E-state index >= 15 is 0 Å². The number of benzene rings is 1.